The summed E-state index contributed by atoms with van der Waals surface area (Å²) in [5, 5.41) is 12.2. The van der Waals surface area contributed by atoms with Gasteiger partial charge in [-0.25, -0.2) is 0 Å². The monoisotopic (exact) mass is 472 g/mol. The van der Waals surface area contributed by atoms with Gasteiger partial charge in [0, 0.05) is 29.9 Å². The zero-order valence-corrected chi connectivity index (χ0v) is 21.3. The lowest BCUT2D eigenvalue weighted by Crippen LogP contribution is -2.38. The SMILES string of the molecule is CC1(C)C[C@H]2C[C@@](C)(CN2C(=O)CSc2nnc(Cc3cccs3)n2C2CCCCC2)C1. The van der Waals surface area contributed by atoms with Crippen molar-refractivity contribution in [2.75, 3.05) is 12.3 Å². The minimum Gasteiger partial charge on any atom is -0.338 e. The summed E-state index contributed by atoms with van der Waals surface area (Å²) in [5.41, 5.74) is 0.612. The Morgan fingerprint density at radius 1 is 1.16 bits per heavy atom. The highest BCUT2D eigenvalue weighted by Gasteiger charge is 2.50. The van der Waals surface area contributed by atoms with E-state index >= 15 is 0 Å². The number of carbonyl (C=O) groups excluding carboxylic acids is 1. The predicted octanol–water partition coefficient (Wildman–Crippen LogP) is 5.95. The number of hydrogen-bond acceptors (Lipinski definition) is 5. The first kappa shape index (κ1) is 22.5. The van der Waals surface area contributed by atoms with E-state index in [1.165, 1.54) is 43.4 Å². The number of fused-ring (bicyclic) bond motifs is 2. The number of carbonyl (C=O) groups is 1. The number of aromatic nitrogens is 3. The topological polar surface area (TPSA) is 51.0 Å². The first-order chi connectivity index (χ1) is 15.3. The van der Waals surface area contributed by atoms with Crippen molar-refractivity contribution in [2.24, 2.45) is 10.8 Å². The molecular formula is C25H36N4OS2. The van der Waals surface area contributed by atoms with Gasteiger partial charge in [0.15, 0.2) is 5.16 Å². The molecule has 2 aromatic rings. The number of nitrogens with zero attached hydrogens (tertiary/aromatic N) is 4. The molecule has 0 radical (unpaired) electrons. The van der Waals surface area contributed by atoms with Crippen molar-refractivity contribution in [3.8, 4) is 0 Å². The molecule has 2 saturated carbocycles. The summed E-state index contributed by atoms with van der Waals surface area (Å²) in [6, 6.07) is 5.15. The van der Waals surface area contributed by atoms with E-state index in [1.54, 1.807) is 23.1 Å². The van der Waals surface area contributed by atoms with Crippen LogP contribution < -0.4 is 0 Å². The van der Waals surface area contributed by atoms with E-state index in [9.17, 15) is 4.79 Å². The molecule has 3 aliphatic rings. The standard InChI is InChI=1S/C25H36N4OS2/c1-24(2)13-19-14-25(3,16-24)17-28(19)22(30)15-32-23-27-26-21(12-20-10-7-11-31-20)29(23)18-8-5-4-6-9-18/h7,10-11,18-19H,4-6,8-9,12-17H2,1-3H3/t19-,25+/m0/s1. The molecule has 3 fully saturated rings. The number of thiophene rings is 1. The Bertz CT molecular complexity index is 947. The Balaban J connectivity index is 1.31. The van der Waals surface area contributed by atoms with Crippen molar-refractivity contribution in [1.29, 1.82) is 0 Å². The lowest BCUT2D eigenvalue weighted by atomic mass is 9.65. The number of amides is 1. The summed E-state index contributed by atoms with van der Waals surface area (Å²) >= 11 is 3.38. The quantitative estimate of drug-likeness (QED) is 0.487. The fraction of sp³-hybridized carbons (Fsp3) is 0.720. The van der Waals surface area contributed by atoms with Crippen molar-refractivity contribution in [3.05, 3.63) is 28.2 Å². The molecule has 0 N–H and O–H groups in total. The Kier molecular flexibility index (Phi) is 6.16. The molecule has 174 valence electrons. The van der Waals surface area contributed by atoms with E-state index in [0.29, 0.717) is 23.3 Å². The summed E-state index contributed by atoms with van der Waals surface area (Å²) in [5.74, 6) is 1.80. The van der Waals surface area contributed by atoms with Gasteiger partial charge in [-0.3, -0.25) is 4.79 Å². The fourth-order valence-electron chi connectivity index (χ4n) is 6.76. The summed E-state index contributed by atoms with van der Waals surface area (Å²) in [6.07, 6.45) is 10.6. The molecule has 2 atom stereocenters. The van der Waals surface area contributed by atoms with Crippen molar-refractivity contribution in [1.82, 2.24) is 19.7 Å². The summed E-state index contributed by atoms with van der Waals surface area (Å²) in [6.45, 7) is 8.02. The highest BCUT2D eigenvalue weighted by atomic mass is 32.2. The van der Waals surface area contributed by atoms with Gasteiger partial charge in [0.05, 0.1) is 5.75 Å². The Hall–Kier alpha value is -1.34. The molecule has 5 rings (SSSR count). The molecular weight excluding hydrogens is 436 g/mol. The van der Waals surface area contributed by atoms with Gasteiger partial charge in [-0.15, -0.1) is 21.5 Å². The van der Waals surface area contributed by atoms with Crippen LogP contribution in [0.2, 0.25) is 0 Å². The van der Waals surface area contributed by atoms with Gasteiger partial charge >= 0.3 is 0 Å². The smallest absolute Gasteiger partial charge is 0.233 e. The number of rotatable bonds is 6. The lowest BCUT2D eigenvalue weighted by Gasteiger charge is -2.39. The first-order valence-electron chi connectivity index (χ1n) is 12.2. The Labute approximate surface area is 200 Å². The van der Waals surface area contributed by atoms with Crippen LogP contribution in [0.1, 0.15) is 88.9 Å². The van der Waals surface area contributed by atoms with Crippen LogP contribution in [0.4, 0.5) is 0 Å². The molecule has 5 nitrogen and oxygen atoms in total. The molecule has 1 amide bonds. The first-order valence-corrected chi connectivity index (χ1v) is 14.1. The third-order valence-electron chi connectivity index (χ3n) is 7.65. The van der Waals surface area contributed by atoms with Crippen molar-refractivity contribution in [2.45, 2.75) is 95.8 Å². The average molecular weight is 473 g/mol. The second-order valence-corrected chi connectivity index (χ2v) is 13.3. The van der Waals surface area contributed by atoms with Gasteiger partial charge in [0.1, 0.15) is 5.82 Å². The molecule has 32 heavy (non-hydrogen) atoms. The molecule has 2 bridgehead atoms. The van der Waals surface area contributed by atoms with Gasteiger partial charge in [-0.05, 0) is 54.4 Å². The molecule has 7 heteroatoms. The van der Waals surface area contributed by atoms with Gasteiger partial charge in [-0.1, -0.05) is 57.9 Å². The van der Waals surface area contributed by atoms with E-state index in [1.807, 2.05) is 0 Å². The minimum absolute atomic E-state index is 0.277. The van der Waals surface area contributed by atoms with E-state index in [2.05, 4.69) is 57.9 Å². The lowest BCUT2D eigenvalue weighted by molar-refractivity contribution is -0.129. The van der Waals surface area contributed by atoms with Gasteiger partial charge in [0.2, 0.25) is 5.91 Å². The zero-order chi connectivity index (χ0) is 22.3. The molecule has 3 heterocycles. The fourth-order valence-corrected chi connectivity index (χ4v) is 8.37. The third-order valence-corrected chi connectivity index (χ3v) is 9.45. The van der Waals surface area contributed by atoms with Gasteiger partial charge in [-0.2, -0.15) is 0 Å². The maximum Gasteiger partial charge on any atom is 0.233 e. The van der Waals surface area contributed by atoms with Crippen molar-refractivity contribution >= 4 is 29.0 Å². The number of hydrogen-bond donors (Lipinski definition) is 0. The largest absolute Gasteiger partial charge is 0.338 e. The van der Waals surface area contributed by atoms with Crippen molar-refractivity contribution < 1.29 is 4.79 Å². The zero-order valence-electron chi connectivity index (χ0n) is 19.7. The molecule has 1 aliphatic heterocycles. The van der Waals surface area contributed by atoms with Crippen LogP contribution in [-0.4, -0.2) is 43.9 Å². The summed E-state index contributed by atoms with van der Waals surface area (Å²) in [4.78, 5) is 16.8. The summed E-state index contributed by atoms with van der Waals surface area (Å²) in [7, 11) is 0. The van der Waals surface area contributed by atoms with Gasteiger partial charge in [0.25, 0.3) is 0 Å². The van der Waals surface area contributed by atoms with E-state index in [-0.39, 0.29) is 11.3 Å². The second-order valence-electron chi connectivity index (χ2n) is 11.3. The maximum atomic E-state index is 13.3. The second kappa shape index (κ2) is 8.79. The highest BCUT2D eigenvalue weighted by molar-refractivity contribution is 7.99. The average Bonchev–Trinajstić information content (AvgIpc) is 3.45. The summed E-state index contributed by atoms with van der Waals surface area (Å²) < 4.78 is 2.38. The maximum absolute atomic E-state index is 13.3. The van der Waals surface area contributed by atoms with Crippen LogP contribution in [0.3, 0.4) is 0 Å². The normalized spacial score (nSPS) is 27.7. The Morgan fingerprint density at radius 3 is 2.72 bits per heavy atom. The van der Waals surface area contributed by atoms with E-state index < -0.39 is 0 Å². The minimum atomic E-state index is 0.277. The van der Waals surface area contributed by atoms with Crippen LogP contribution >= 0.6 is 23.1 Å². The van der Waals surface area contributed by atoms with E-state index in [4.69, 9.17) is 0 Å². The van der Waals surface area contributed by atoms with Crippen LogP contribution in [0.15, 0.2) is 22.7 Å². The predicted molar refractivity (Wildman–Crippen MR) is 131 cm³/mol. The van der Waals surface area contributed by atoms with Crippen LogP contribution in [0.5, 0.6) is 0 Å². The number of likely N-dealkylation sites (tertiary alicyclic amines) is 1. The van der Waals surface area contributed by atoms with Crippen LogP contribution in [0.25, 0.3) is 0 Å². The number of thioether (sulfide) groups is 1. The highest BCUT2D eigenvalue weighted by Crippen LogP contribution is 2.52. The molecule has 0 spiro atoms. The Morgan fingerprint density at radius 2 is 1.97 bits per heavy atom. The van der Waals surface area contributed by atoms with Gasteiger partial charge < -0.3 is 9.47 Å². The molecule has 1 saturated heterocycles. The molecule has 0 aromatic carbocycles. The molecule has 2 aromatic heterocycles. The van der Waals surface area contributed by atoms with E-state index in [0.717, 1.165) is 36.8 Å². The van der Waals surface area contributed by atoms with Crippen molar-refractivity contribution in [3.63, 3.8) is 0 Å². The molecule has 2 aliphatic carbocycles. The van der Waals surface area contributed by atoms with Crippen LogP contribution in [-0.2, 0) is 11.2 Å². The molecule has 0 unspecified atom stereocenters. The third kappa shape index (κ3) is 4.65. The van der Waals surface area contributed by atoms with Crippen LogP contribution in [0, 0.1) is 10.8 Å².